The number of imidazole rings is 1. The van der Waals surface area contributed by atoms with Crippen molar-refractivity contribution in [3.63, 3.8) is 0 Å². The van der Waals surface area contributed by atoms with Crippen LogP contribution in [0.5, 0.6) is 0 Å². The van der Waals surface area contributed by atoms with Crippen molar-refractivity contribution in [2.45, 2.75) is 45.2 Å². The molecular formula is C16H23N3. The van der Waals surface area contributed by atoms with Gasteiger partial charge in [-0.2, -0.15) is 0 Å². The van der Waals surface area contributed by atoms with Crippen LogP contribution in [0.15, 0.2) is 42.7 Å². The fraction of sp³-hybridized carbons (Fsp3) is 0.438. The Bertz CT molecular complexity index is 450. The topological polar surface area (TPSA) is 40.7 Å². The van der Waals surface area contributed by atoms with Crippen molar-refractivity contribution in [1.29, 1.82) is 0 Å². The quantitative estimate of drug-likeness (QED) is 0.787. The van der Waals surface area contributed by atoms with E-state index in [2.05, 4.69) is 59.5 Å². The van der Waals surface area contributed by atoms with Gasteiger partial charge in [-0.05, 0) is 18.4 Å². The van der Waals surface area contributed by atoms with Crippen molar-refractivity contribution in [3.8, 4) is 0 Å². The van der Waals surface area contributed by atoms with E-state index < -0.39 is 0 Å². The minimum atomic E-state index is 0.284. The molecule has 2 aromatic rings. The highest BCUT2D eigenvalue weighted by molar-refractivity contribution is 5.19. The molecular weight excluding hydrogens is 234 g/mol. The number of rotatable bonds is 7. The van der Waals surface area contributed by atoms with Crippen LogP contribution in [0.1, 0.15) is 56.6 Å². The lowest BCUT2D eigenvalue weighted by molar-refractivity contribution is 0.402. The van der Waals surface area contributed by atoms with E-state index in [9.17, 15) is 0 Å². The number of nitrogens with one attached hydrogen (secondary N) is 2. The fourth-order valence-corrected chi connectivity index (χ4v) is 2.42. The zero-order valence-corrected chi connectivity index (χ0v) is 11.8. The van der Waals surface area contributed by atoms with Gasteiger partial charge in [-0.15, -0.1) is 0 Å². The molecule has 2 N–H and O–H groups in total. The fourth-order valence-electron chi connectivity index (χ4n) is 2.42. The summed E-state index contributed by atoms with van der Waals surface area (Å²) in [4.78, 5) is 7.59. The molecule has 0 aliphatic carbocycles. The highest BCUT2D eigenvalue weighted by Crippen LogP contribution is 2.23. The second kappa shape index (κ2) is 7.10. The predicted molar refractivity (Wildman–Crippen MR) is 78.8 cm³/mol. The number of hydrogen-bond acceptors (Lipinski definition) is 2. The molecule has 0 fully saturated rings. The molecule has 0 spiro atoms. The number of H-pyrrole nitrogens is 1. The molecule has 1 heterocycles. The number of hydrogen-bond donors (Lipinski definition) is 2. The first kappa shape index (κ1) is 13.8. The van der Waals surface area contributed by atoms with Gasteiger partial charge in [0.25, 0.3) is 0 Å². The number of aromatic nitrogens is 2. The SMILES string of the molecule is CCCC(NC(CC)c1ncc[nH]1)c1ccccc1. The van der Waals surface area contributed by atoms with E-state index >= 15 is 0 Å². The Labute approximate surface area is 115 Å². The molecule has 0 aliphatic rings. The molecule has 0 saturated carbocycles. The van der Waals surface area contributed by atoms with E-state index in [-0.39, 0.29) is 6.04 Å². The molecule has 1 aromatic heterocycles. The lowest BCUT2D eigenvalue weighted by Gasteiger charge is -2.24. The molecule has 2 rings (SSSR count). The third-order valence-corrected chi connectivity index (χ3v) is 3.44. The van der Waals surface area contributed by atoms with Gasteiger partial charge in [-0.25, -0.2) is 4.98 Å². The Hall–Kier alpha value is -1.61. The lowest BCUT2D eigenvalue weighted by atomic mass is 10.0. The molecule has 0 aliphatic heterocycles. The molecule has 19 heavy (non-hydrogen) atoms. The molecule has 3 nitrogen and oxygen atoms in total. The van der Waals surface area contributed by atoms with Gasteiger partial charge >= 0.3 is 0 Å². The minimum absolute atomic E-state index is 0.284. The molecule has 2 unspecified atom stereocenters. The van der Waals surface area contributed by atoms with Crippen LogP contribution in [0.3, 0.4) is 0 Å². The summed E-state index contributed by atoms with van der Waals surface area (Å²) in [5.41, 5.74) is 1.36. The lowest BCUT2D eigenvalue weighted by Crippen LogP contribution is -2.27. The van der Waals surface area contributed by atoms with Crippen LogP contribution in [0, 0.1) is 0 Å². The van der Waals surface area contributed by atoms with Gasteiger partial charge in [0.1, 0.15) is 5.82 Å². The Morgan fingerprint density at radius 1 is 1.16 bits per heavy atom. The summed E-state index contributed by atoms with van der Waals surface area (Å²) in [6, 6.07) is 11.3. The summed E-state index contributed by atoms with van der Waals surface area (Å²) in [6.45, 7) is 4.42. The van der Waals surface area contributed by atoms with Crippen LogP contribution in [0.4, 0.5) is 0 Å². The van der Waals surface area contributed by atoms with E-state index in [1.54, 1.807) is 0 Å². The molecule has 0 saturated heterocycles. The minimum Gasteiger partial charge on any atom is -0.347 e. The first-order valence-electron chi connectivity index (χ1n) is 7.15. The van der Waals surface area contributed by atoms with Gasteiger partial charge in [0.05, 0.1) is 6.04 Å². The summed E-state index contributed by atoms with van der Waals surface area (Å²) in [5, 5.41) is 3.73. The third-order valence-electron chi connectivity index (χ3n) is 3.44. The number of benzene rings is 1. The first-order chi connectivity index (χ1) is 9.35. The Balaban J connectivity index is 2.12. The Kier molecular flexibility index (Phi) is 5.16. The second-order valence-corrected chi connectivity index (χ2v) is 4.85. The largest absolute Gasteiger partial charge is 0.347 e. The predicted octanol–water partition coefficient (Wildman–Crippen LogP) is 3.99. The van der Waals surface area contributed by atoms with Crippen molar-refractivity contribution in [1.82, 2.24) is 15.3 Å². The van der Waals surface area contributed by atoms with Crippen LogP contribution in [-0.4, -0.2) is 9.97 Å². The van der Waals surface area contributed by atoms with Crippen LogP contribution in [-0.2, 0) is 0 Å². The van der Waals surface area contributed by atoms with E-state index in [1.165, 1.54) is 12.0 Å². The molecule has 3 heteroatoms. The highest BCUT2D eigenvalue weighted by Gasteiger charge is 2.17. The zero-order valence-electron chi connectivity index (χ0n) is 11.8. The molecule has 1 aromatic carbocycles. The van der Waals surface area contributed by atoms with E-state index in [4.69, 9.17) is 0 Å². The van der Waals surface area contributed by atoms with Gasteiger partial charge in [0, 0.05) is 18.4 Å². The van der Waals surface area contributed by atoms with Crippen LogP contribution >= 0.6 is 0 Å². The van der Waals surface area contributed by atoms with Crippen LogP contribution < -0.4 is 5.32 Å². The monoisotopic (exact) mass is 257 g/mol. The van der Waals surface area contributed by atoms with Crippen molar-refractivity contribution in [2.24, 2.45) is 0 Å². The Morgan fingerprint density at radius 3 is 2.53 bits per heavy atom. The van der Waals surface area contributed by atoms with Gasteiger partial charge in [0.15, 0.2) is 0 Å². The summed E-state index contributed by atoms with van der Waals surface area (Å²) in [7, 11) is 0. The summed E-state index contributed by atoms with van der Waals surface area (Å²) >= 11 is 0. The van der Waals surface area contributed by atoms with E-state index in [0.29, 0.717) is 6.04 Å². The van der Waals surface area contributed by atoms with Crippen molar-refractivity contribution in [2.75, 3.05) is 0 Å². The maximum atomic E-state index is 4.38. The summed E-state index contributed by atoms with van der Waals surface area (Å²) in [6.07, 6.45) is 7.04. The van der Waals surface area contributed by atoms with Gasteiger partial charge in [-0.1, -0.05) is 50.6 Å². The molecule has 0 radical (unpaired) electrons. The van der Waals surface area contributed by atoms with Gasteiger partial charge in [-0.3, -0.25) is 0 Å². The maximum absolute atomic E-state index is 4.38. The van der Waals surface area contributed by atoms with Crippen molar-refractivity contribution < 1.29 is 0 Å². The van der Waals surface area contributed by atoms with Crippen molar-refractivity contribution in [3.05, 3.63) is 54.1 Å². The average Bonchev–Trinajstić information content (AvgIpc) is 2.98. The normalized spacial score (nSPS) is 14.2. The average molecular weight is 257 g/mol. The molecule has 0 bridgehead atoms. The maximum Gasteiger partial charge on any atom is 0.123 e. The molecule has 102 valence electrons. The standard InChI is InChI=1S/C16H23N3/c1-3-8-15(13-9-6-5-7-10-13)19-14(4-2)16-17-11-12-18-16/h5-7,9-12,14-15,19H,3-4,8H2,1-2H3,(H,17,18). The Morgan fingerprint density at radius 2 is 1.95 bits per heavy atom. The smallest absolute Gasteiger partial charge is 0.123 e. The van der Waals surface area contributed by atoms with Gasteiger partial charge in [0.2, 0.25) is 0 Å². The number of aromatic amines is 1. The van der Waals surface area contributed by atoms with E-state index in [0.717, 1.165) is 18.7 Å². The highest BCUT2D eigenvalue weighted by atomic mass is 15.0. The first-order valence-corrected chi connectivity index (χ1v) is 7.15. The van der Waals surface area contributed by atoms with Crippen molar-refractivity contribution >= 4 is 0 Å². The van der Waals surface area contributed by atoms with Crippen LogP contribution in [0.25, 0.3) is 0 Å². The van der Waals surface area contributed by atoms with Gasteiger partial charge < -0.3 is 10.3 Å². The zero-order chi connectivity index (χ0) is 13.5. The third kappa shape index (κ3) is 3.67. The number of nitrogens with zero attached hydrogens (tertiary/aromatic N) is 1. The summed E-state index contributed by atoms with van der Waals surface area (Å²) < 4.78 is 0. The molecule has 0 amide bonds. The summed E-state index contributed by atoms with van der Waals surface area (Å²) in [5.74, 6) is 1.03. The molecule has 2 atom stereocenters. The van der Waals surface area contributed by atoms with E-state index in [1.807, 2.05) is 12.4 Å². The second-order valence-electron chi connectivity index (χ2n) is 4.85. The van der Waals surface area contributed by atoms with Crippen LogP contribution in [0.2, 0.25) is 0 Å².